The second-order valence-electron chi connectivity index (χ2n) is 6.37. The molecule has 7 heteroatoms. The van der Waals surface area contributed by atoms with Crippen molar-refractivity contribution < 1.29 is 13.2 Å². The maximum absolute atomic E-state index is 12.4. The zero-order valence-corrected chi connectivity index (χ0v) is 14.4. The lowest BCUT2D eigenvalue weighted by atomic mass is 9.97. The van der Waals surface area contributed by atoms with Gasteiger partial charge in [0.05, 0.1) is 6.61 Å². The fourth-order valence-corrected chi connectivity index (χ4v) is 4.35. The molecule has 0 aromatic heterocycles. The van der Waals surface area contributed by atoms with Crippen molar-refractivity contribution in [1.82, 2.24) is 13.9 Å². The Kier molecular flexibility index (Phi) is 5.21. The van der Waals surface area contributed by atoms with Crippen molar-refractivity contribution in [3.63, 3.8) is 0 Å². The fraction of sp³-hybridized carbons (Fsp3) is 0.625. The third-order valence-corrected chi connectivity index (χ3v) is 6.20. The van der Waals surface area contributed by atoms with Crippen LogP contribution in [0.3, 0.4) is 0 Å². The quantitative estimate of drug-likeness (QED) is 0.878. The Hall–Kier alpha value is -1.15. The molecule has 0 saturated carbocycles. The highest BCUT2D eigenvalue weighted by atomic mass is 32.2. The van der Waals surface area contributed by atoms with Crippen LogP contribution in [0.15, 0.2) is 24.3 Å². The van der Waals surface area contributed by atoms with Gasteiger partial charge in [-0.2, -0.15) is 12.7 Å². The molecule has 0 aliphatic carbocycles. The van der Waals surface area contributed by atoms with Gasteiger partial charge in [0.1, 0.15) is 5.75 Å². The van der Waals surface area contributed by atoms with Crippen LogP contribution in [0.25, 0.3) is 0 Å². The minimum Gasteiger partial charge on any atom is -0.493 e. The summed E-state index contributed by atoms with van der Waals surface area (Å²) in [6, 6.07) is 8.00. The third-order valence-electron chi connectivity index (χ3n) is 4.62. The number of nitrogens with zero attached hydrogens (tertiary/aromatic N) is 2. The van der Waals surface area contributed by atoms with Gasteiger partial charge in [0.15, 0.2) is 0 Å². The monoisotopic (exact) mass is 339 g/mol. The number of para-hydroxylation sites is 1. The predicted molar refractivity (Wildman–Crippen MR) is 89.7 cm³/mol. The van der Waals surface area contributed by atoms with Gasteiger partial charge in [0.25, 0.3) is 10.2 Å². The molecule has 3 rings (SSSR count). The van der Waals surface area contributed by atoms with Gasteiger partial charge < -0.3 is 9.64 Å². The van der Waals surface area contributed by atoms with Crippen LogP contribution in [0.2, 0.25) is 0 Å². The molecule has 0 radical (unpaired) electrons. The van der Waals surface area contributed by atoms with Crippen LogP contribution in [-0.4, -0.2) is 64.0 Å². The summed E-state index contributed by atoms with van der Waals surface area (Å²) >= 11 is 0. The van der Waals surface area contributed by atoms with Gasteiger partial charge >= 0.3 is 0 Å². The first-order valence-electron chi connectivity index (χ1n) is 8.18. The number of fused-ring (bicyclic) bond motifs is 1. The molecule has 1 N–H and O–H groups in total. The molecule has 128 valence electrons. The molecule has 1 saturated heterocycles. The lowest BCUT2D eigenvalue weighted by Gasteiger charge is -2.31. The van der Waals surface area contributed by atoms with Crippen LogP contribution in [0.4, 0.5) is 0 Å². The van der Waals surface area contributed by atoms with E-state index in [4.69, 9.17) is 4.74 Å². The van der Waals surface area contributed by atoms with Gasteiger partial charge in [0, 0.05) is 32.7 Å². The highest BCUT2D eigenvalue weighted by Gasteiger charge is 2.26. The zero-order chi connectivity index (χ0) is 16.3. The second-order valence-corrected chi connectivity index (χ2v) is 8.13. The molecule has 1 aromatic carbocycles. The van der Waals surface area contributed by atoms with Crippen molar-refractivity contribution in [2.45, 2.75) is 12.8 Å². The van der Waals surface area contributed by atoms with E-state index >= 15 is 0 Å². The molecule has 0 spiro atoms. The molecule has 6 nitrogen and oxygen atoms in total. The van der Waals surface area contributed by atoms with E-state index in [1.54, 1.807) is 4.31 Å². The van der Waals surface area contributed by atoms with E-state index in [1.165, 1.54) is 0 Å². The fourth-order valence-electron chi connectivity index (χ4n) is 3.08. The van der Waals surface area contributed by atoms with E-state index < -0.39 is 10.2 Å². The van der Waals surface area contributed by atoms with Gasteiger partial charge in [-0.25, -0.2) is 4.72 Å². The highest BCUT2D eigenvalue weighted by molar-refractivity contribution is 7.87. The van der Waals surface area contributed by atoms with Crippen molar-refractivity contribution in [3.05, 3.63) is 29.8 Å². The van der Waals surface area contributed by atoms with Gasteiger partial charge in [-0.15, -0.1) is 0 Å². The first kappa shape index (κ1) is 16.7. The molecule has 2 heterocycles. The minimum atomic E-state index is -3.38. The molecule has 1 aromatic rings. The van der Waals surface area contributed by atoms with Crippen LogP contribution in [-0.2, 0) is 16.6 Å². The summed E-state index contributed by atoms with van der Waals surface area (Å²) in [6.07, 6.45) is 1.71. The highest BCUT2D eigenvalue weighted by Crippen LogP contribution is 2.26. The number of ether oxygens (including phenoxy) is 1. The van der Waals surface area contributed by atoms with Crippen LogP contribution < -0.4 is 9.46 Å². The van der Waals surface area contributed by atoms with E-state index in [1.807, 2.05) is 25.2 Å². The molecular formula is C16H25N3O3S. The lowest BCUT2D eigenvalue weighted by molar-refractivity contribution is 0.220. The van der Waals surface area contributed by atoms with Crippen LogP contribution in [0, 0.1) is 5.92 Å². The summed E-state index contributed by atoms with van der Waals surface area (Å²) < 4.78 is 35.0. The summed E-state index contributed by atoms with van der Waals surface area (Å²) in [5.41, 5.74) is 1.16. The molecule has 23 heavy (non-hydrogen) atoms. The summed E-state index contributed by atoms with van der Waals surface area (Å²) in [5.74, 6) is 1.19. The standard InChI is InChI=1S/C16H25N3O3S/c1-18-7-9-19(10-8-18)23(20,21)17-13-14-6-11-22-16-5-3-2-4-15(16)12-14/h2-5,14,17H,6-13H2,1H3. The topological polar surface area (TPSA) is 61.9 Å². The maximum Gasteiger partial charge on any atom is 0.279 e. The van der Waals surface area contributed by atoms with Crippen LogP contribution >= 0.6 is 0 Å². The van der Waals surface area contributed by atoms with Gasteiger partial charge in [-0.1, -0.05) is 18.2 Å². The van der Waals surface area contributed by atoms with Gasteiger partial charge in [0.2, 0.25) is 0 Å². The Morgan fingerprint density at radius 1 is 1.22 bits per heavy atom. The van der Waals surface area contributed by atoms with E-state index in [-0.39, 0.29) is 5.92 Å². The number of nitrogens with one attached hydrogen (secondary N) is 1. The normalized spacial score (nSPS) is 23.8. The van der Waals surface area contributed by atoms with Crippen LogP contribution in [0.1, 0.15) is 12.0 Å². The van der Waals surface area contributed by atoms with Crippen molar-refractivity contribution in [2.24, 2.45) is 5.92 Å². The zero-order valence-electron chi connectivity index (χ0n) is 13.6. The SMILES string of the molecule is CN1CCN(S(=O)(=O)NCC2CCOc3ccccc3C2)CC1. The summed E-state index contributed by atoms with van der Waals surface area (Å²) in [6.45, 7) is 3.78. The summed E-state index contributed by atoms with van der Waals surface area (Å²) in [7, 11) is -1.37. The molecule has 0 amide bonds. The van der Waals surface area contributed by atoms with E-state index in [0.29, 0.717) is 26.2 Å². The molecule has 1 atom stereocenters. The first-order chi connectivity index (χ1) is 11.0. The van der Waals surface area contributed by atoms with Crippen molar-refractivity contribution in [2.75, 3.05) is 46.4 Å². The third kappa shape index (κ3) is 4.23. The largest absolute Gasteiger partial charge is 0.493 e. The number of likely N-dealkylation sites (N-methyl/N-ethyl adjacent to an activating group) is 1. The number of piperazine rings is 1. The Morgan fingerprint density at radius 3 is 2.74 bits per heavy atom. The number of hydrogen-bond acceptors (Lipinski definition) is 4. The Balaban J connectivity index is 1.57. The number of hydrogen-bond donors (Lipinski definition) is 1. The van der Waals surface area contributed by atoms with E-state index in [0.717, 1.165) is 37.2 Å². The Morgan fingerprint density at radius 2 is 1.96 bits per heavy atom. The molecule has 2 aliphatic heterocycles. The molecule has 2 aliphatic rings. The van der Waals surface area contributed by atoms with Crippen molar-refractivity contribution >= 4 is 10.2 Å². The second kappa shape index (κ2) is 7.17. The minimum absolute atomic E-state index is 0.265. The first-order valence-corrected chi connectivity index (χ1v) is 9.62. The van der Waals surface area contributed by atoms with E-state index in [9.17, 15) is 8.42 Å². The molecular weight excluding hydrogens is 314 g/mol. The summed E-state index contributed by atoms with van der Waals surface area (Å²) in [4.78, 5) is 2.14. The van der Waals surface area contributed by atoms with Crippen molar-refractivity contribution in [1.29, 1.82) is 0 Å². The average Bonchev–Trinajstić information content (AvgIpc) is 2.75. The van der Waals surface area contributed by atoms with E-state index in [2.05, 4.69) is 15.7 Å². The molecule has 1 fully saturated rings. The van der Waals surface area contributed by atoms with Crippen molar-refractivity contribution in [3.8, 4) is 5.75 Å². The smallest absolute Gasteiger partial charge is 0.279 e. The number of benzene rings is 1. The van der Waals surface area contributed by atoms with Gasteiger partial charge in [-0.3, -0.25) is 0 Å². The Labute approximate surface area is 138 Å². The molecule has 1 unspecified atom stereocenters. The molecule has 0 bridgehead atoms. The summed E-state index contributed by atoms with van der Waals surface area (Å²) in [5, 5.41) is 0. The predicted octanol–water partition coefficient (Wildman–Crippen LogP) is 0.710. The lowest BCUT2D eigenvalue weighted by Crippen LogP contribution is -2.51. The maximum atomic E-state index is 12.4. The Bertz CT molecular complexity index is 627. The number of rotatable bonds is 4. The van der Waals surface area contributed by atoms with Gasteiger partial charge in [-0.05, 0) is 37.4 Å². The van der Waals surface area contributed by atoms with Crippen LogP contribution in [0.5, 0.6) is 5.75 Å². The average molecular weight is 339 g/mol.